The van der Waals surface area contributed by atoms with Gasteiger partial charge in [0, 0.05) is 11.3 Å². The Balaban J connectivity index is 1.79. The number of aryl methyl sites for hydroxylation is 1. The van der Waals surface area contributed by atoms with Crippen molar-refractivity contribution in [3.05, 3.63) is 22.5 Å². The molecule has 1 aromatic rings. The fourth-order valence-corrected chi connectivity index (χ4v) is 4.47. The van der Waals surface area contributed by atoms with Crippen LogP contribution in [0.5, 0.6) is 0 Å². The lowest BCUT2D eigenvalue weighted by molar-refractivity contribution is -0.131. The Kier molecular flexibility index (Phi) is 6.10. The van der Waals surface area contributed by atoms with Crippen molar-refractivity contribution < 1.29 is 23.9 Å². The SMILES string of the molecule is CCOC(=O)c1[nH]c(C)c(C(=O)CN2C(=O)NC3(CCCCCCC3)C2=O)c1C. The fraction of sp³-hybridized carbons (Fsp3) is 0.619. The topological polar surface area (TPSA) is 109 Å². The van der Waals surface area contributed by atoms with Crippen LogP contribution in [-0.4, -0.2) is 52.3 Å². The summed E-state index contributed by atoms with van der Waals surface area (Å²) in [7, 11) is 0. The van der Waals surface area contributed by atoms with Gasteiger partial charge in [-0.3, -0.25) is 14.5 Å². The number of ketones is 1. The van der Waals surface area contributed by atoms with Crippen LogP contribution >= 0.6 is 0 Å². The highest BCUT2D eigenvalue weighted by molar-refractivity contribution is 6.12. The third-order valence-electron chi connectivity index (χ3n) is 5.95. The second-order valence-electron chi connectivity index (χ2n) is 7.94. The van der Waals surface area contributed by atoms with E-state index in [0.717, 1.165) is 37.0 Å². The fourth-order valence-electron chi connectivity index (χ4n) is 4.47. The molecule has 0 bridgehead atoms. The molecule has 8 heteroatoms. The molecule has 2 N–H and O–H groups in total. The summed E-state index contributed by atoms with van der Waals surface area (Å²) in [5, 5.41) is 2.87. The number of aromatic amines is 1. The van der Waals surface area contributed by atoms with Gasteiger partial charge in [-0.15, -0.1) is 0 Å². The molecular formula is C21H29N3O5. The van der Waals surface area contributed by atoms with Crippen LogP contribution in [0.4, 0.5) is 4.79 Å². The number of nitrogens with one attached hydrogen (secondary N) is 2. The highest BCUT2D eigenvalue weighted by Gasteiger charge is 2.50. The van der Waals surface area contributed by atoms with E-state index in [2.05, 4.69) is 10.3 Å². The number of hydrogen-bond donors (Lipinski definition) is 2. The first-order valence-corrected chi connectivity index (χ1v) is 10.3. The van der Waals surface area contributed by atoms with Crippen LogP contribution in [0.2, 0.25) is 0 Å². The van der Waals surface area contributed by atoms with Gasteiger partial charge in [-0.2, -0.15) is 0 Å². The number of nitrogens with zero attached hydrogens (tertiary/aromatic N) is 1. The van der Waals surface area contributed by atoms with E-state index in [4.69, 9.17) is 4.74 Å². The molecule has 1 aliphatic heterocycles. The van der Waals surface area contributed by atoms with Gasteiger partial charge in [0.2, 0.25) is 0 Å². The second kappa shape index (κ2) is 8.39. The Morgan fingerprint density at radius 3 is 2.31 bits per heavy atom. The zero-order valence-electron chi connectivity index (χ0n) is 17.4. The number of Topliss-reactive ketones (excluding diaryl/α,β-unsaturated/α-hetero) is 1. The standard InChI is InChI=1S/C21H29N3O5/c1-4-29-18(26)17-13(2)16(14(3)22-17)15(25)12-24-19(27)21(23-20(24)28)10-8-6-5-7-9-11-21/h22H,4-12H2,1-3H3,(H,23,28). The molecule has 0 aromatic carbocycles. The summed E-state index contributed by atoms with van der Waals surface area (Å²) in [6.07, 6.45) is 6.22. The Bertz CT molecular complexity index is 834. The number of carbonyl (C=O) groups is 4. The smallest absolute Gasteiger partial charge is 0.355 e. The van der Waals surface area contributed by atoms with Crippen LogP contribution in [0.3, 0.4) is 0 Å². The number of imide groups is 1. The molecule has 0 radical (unpaired) electrons. The number of rotatable bonds is 5. The number of amides is 3. The zero-order valence-corrected chi connectivity index (χ0v) is 17.4. The molecule has 2 fully saturated rings. The lowest BCUT2D eigenvalue weighted by Crippen LogP contribution is -2.47. The van der Waals surface area contributed by atoms with Gasteiger partial charge >= 0.3 is 12.0 Å². The molecule has 29 heavy (non-hydrogen) atoms. The van der Waals surface area contributed by atoms with Crippen molar-refractivity contribution in [3.63, 3.8) is 0 Å². The number of ether oxygens (including phenoxy) is 1. The lowest BCUT2D eigenvalue weighted by Gasteiger charge is -2.28. The average molecular weight is 403 g/mol. The van der Waals surface area contributed by atoms with E-state index in [1.807, 2.05) is 0 Å². The molecule has 0 unspecified atom stereocenters. The van der Waals surface area contributed by atoms with Crippen molar-refractivity contribution in [1.82, 2.24) is 15.2 Å². The molecule has 2 heterocycles. The number of aromatic nitrogens is 1. The van der Waals surface area contributed by atoms with Crippen LogP contribution in [0, 0.1) is 13.8 Å². The van der Waals surface area contributed by atoms with Gasteiger partial charge in [0.25, 0.3) is 5.91 Å². The van der Waals surface area contributed by atoms with Gasteiger partial charge in [-0.25, -0.2) is 9.59 Å². The maximum absolute atomic E-state index is 13.1. The van der Waals surface area contributed by atoms with Gasteiger partial charge in [-0.05, 0) is 39.2 Å². The molecule has 3 rings (SSSR count). The maximum atomic E-state index is 13.1. The van der Waals surface area contributed by atoms with Crippen molar-refractivity contribution in [1.29, 1.82) is 0 Å². The minimum Gasteiger partial charge on any atom is -0.461 e. The molecule has 2 aliphatic rings. The molecule has 1 aromatic heterocycles. The molecule has 3 amide bonds. The van der Waals surface area contributed by atoms with Crippen molar-refractivity contribution in [3.8, 4) is 0 Å². The number of carbonyl (C=O) groups excluding carboxylic acids is 4. The van der Waals surface area contributed by atoms with Crippen LogP contribution in [-0.2, 0) is 9.53 Å². The predicted molar refractivity (Wildman–Crippen MR) is 106 cm³/mol. The summed E-state index contributed by atoms with van der Waals surface area (Å²) in [6.45, 7) is 4.94. The second-order valence-corrected chi connectivity index (χ2v) is 7.94. The summed E-state index contributed by atoms with van der Waals surface area (Å²) < 4.78 is 5.01. The molecule has 0 atom stereocenters. The van der Waals surface area contributed by atoms with Crippen LogP contribution in [0.25, 0.3) is 0 Å². The minimum atomic E-state index is -0.879. The first kappa shape index (κ1) is 21.1. The van der Waals surface area contributed by atoms with Crippen molar-refractivity contribution in [2.45, 2.75) is 71.3 Å². The van der Waals surface area contributed by atoms with Crippen molar-refractivity contribution >= 4 is 23.7 Å². The van der Waals surface area contributed by atoms with Gasteiger partial charge in [0.05, 0.1) is 13.2 Å². The summed E-state index contributed by atoms with van der Waals surface area (Å²) in [6, 6.07) is -0.514. The van der Waals surface area contributed by atoms with E-state index in [0.29, 0.717) is 29.7 Å². The van der Waals surface area contributed by atoms with E-state index < -0.39 is 17.5 Å². The highest BCUT2D eigenvalue weighted by atomic mass is 16.5. The van der Waals surface area contributed by atoms with Crippen LogP contribution < -0.4 is 5.32 Å². The zero-order chi connectivity index (χ0) is 21.2. The van der Waals surface area contributed by atoms with Crippen molar-refractivity contribution in [2.24, 2.45) is 0 Å². The van der Waals surface area contributed by atoms with Gasteiger partial charge in [0.15, 0.2) is 5.78 Å². The summed E-state index contributed by atoms with van der Waals surface area (Å²) in [5.74, 6) is -1.22. The summed E-state index contributed by atoms with van der Waals surface area (Å²) >= 11 is 0. The molecule has 8 nitrogen and oxygen atoms in total. The molecule has 158 valence electrons. The van der Waals surface area contributed by atoms with Gasteiger partial charge in [-0.1, -0.05) is 32.1 Å². The summed E-state index contributed by atoms with van der Waals surface area (Å²) in [4.78, 5) is 54.6. The van der Waals surface area contributed by atoms with Gasteiger partial charge < -0.3 is 15.0 Å². The predicted octanol–water partition coefficient (Wildman–Crippen LogP) is 3.03. The number of hydrogen-bond acceptors (Lipinski definition) is 5. The Hall–Kier alpha value is -2.64. The lowest BCUT2D eigenvalue weighted by atomic mass is 9.84. The van der Waals surface area contributed by atoms with E-state index >= 15 is 0 Å². The van der Waals surface area contributed by atoms with Gasteiger partial charge in [0.1, 0.15) is 11.2 Å². The quantitative estimate of drug-likeness (QED) is 0.446. The monoisotopic (exact) mass is 403 g/mol. The number of esters is 1. The molecule has 1 saturated heterocycles. The average Bonchev–Trinajstić information content (AvgIpc) is 3.07. The molecule has 1 aliphatic carbocycles. The largest absolute Gasteiger partial charge is 0.461 e. The highest BCUT2D eigenvalue weighted by Crippen LogP contribution is 2.32. The summed E-state index contributed by atoms with van der Waals surface area (Å²) in [5.41, 5.74) is 0.659. The van der Waals surface area contributed by atoms with E-state index in [9.17, 15) is 19.2 Å². The molecule has 1 spiro atoms. The Labute approximate surface area is 170 Å². The minimum absolute atomic E-state index is 0.224. The Morgan fingerprint density at radius 1 is 1.07 bits per heavy atom. The molecule has 1 saturated carbocycles. The number of urea groups is 1. The first-order chi connectivity index (χ1) is 13.8. The Morgan fingerprint density at radius 2 is 1.69 bits per heavy atom. The van der Waals surface area contributed by atoms with E-state index in [1.165, 1.54) is 0 Å². The van der Waals surface area contributed by atoms with E-state index in [-0.39, 0.29) is 30.5 Å². The number of H-pyrrole nitrogens is 1. The normalized spacial score (nSPS) is 19.1. The van der Waals surface area contributed by atoms with E-state index in [1.54, 1.807) is 20.8 Å². The first-order valence-electron chi connectivity index (χ1n) is 10.3. The molecular weight excluding hydrogens is 374 g/mol. The van der Waals surface area contributed by atoms with Crippen LogP contribution in [0.1, 0.15) is 84.0 Å². The third-order valence-corrected chi connectivity index (χ3v) is 5.95. The third kappa shape index (κ3) is 3.93. The van der Waals surface area contributed by atoms with Crippen LogP contribution in [0.15, 0.2) is 0 Å². The van der Waals surface area contributed by atoms with Crippen molar-refractivity contribution in [2.75, 3.05) is 13.2 Å². The maximum Gasteiger partial charge on any atom is 0.355 e.